The van der Waals surface area contributed by atoms with Crippen LogP contribution in [-0.2, 0) is 14.3 Å². The van der Waals surface area contributed by atoms with E-state index >= 15 is 0 Å². The van der Waals surface area contributed by atoms with Gasteiger partial charge in [-0.05, 0) is 36.6 Å². The number of aryl methyl sites for hydroxylation is 2. The van der Waals surface area contributed by atoms with Gasteiger partial charge in [0.05, 0.1) is 6.42 Å². The molecule has 1 aromatic rings. The average molecular weight is 216 g/mol. The predicted molar refractivity (Wildman–Crippen MR) is 59.6 cm³/mol. The molecule has 1 saturated heterocycles. The quantitative estimate of drug-likeness (QED) is 0.410. The fraction of sp³-hybridized carbons (Fsp3) is 0.231. The number of cyclic esters (lactones) is 2. The Morgan fingerprint density at radius 1 is 1.19 bits per heavy atom. The summed E-state index contributed by atoms with van der Waals surface area (Å²) in [6.07, 6.45) is 1.82. The number of rotatable bonds is 1. The van der Waals surface area contributed by atoms with Crippen LogP contribution in [0.3, 0.4) is 0 Å². The Morgan fingerprint density at radius 3 is 2.31 bits per heavy atom. The molecule has 0 atom stereocenters. The summed E-state index contributed by atoms with van der Waals surface area (Å²) in [5.74, 6) is -0.991. The van der Waals surface area contributed by atoms with E-state index in [1.807, 2.05) is 32.0 Å². The van der Waals surface area contributed by atoms with Gasteiger partial charge in [-0.3, -0.25) is 4.79 Å². The maximum atomic E-state index is 11.3. The van der Waals surface area contributed by atoms with Crippen molar-refractivity contribution in [1.29, 1.82) is 0 Å². The lowest BCUT2D eigenvalue weighted by atomic mass is 10.00. The SMILES string of the molecule is Cc1cccc(C)c1C=C1CC(=O)OC1=O. The van der Waals surface area contributed by atoms with Gasteiger partial charge in [-0.15, -0.1) is 0 Å². The molecule has 0 aliphatic carbocycles. The molecule has 1 fully saturated rings. The normalized spacial score (nSPS) is 18.0. The highest BCUT2D eigenvalue weighted by molar-refractivity contribution is 6.08. The van der Waals surface area contributed by atoms with Crippen molar-refractivity contribution in [1.82, 2.24) is 0 Å². The van der Waals surface area contributed by atoms with Crippen LogP contribution in [0.25, 0.3) is 6.08 Å². The zero-order valence-corrected chi connectivity index (χ0v) is 9.24. The van der Waals surface area contributed by atoms with Gasteiger partial charge in [0.25, 0.3) is 0 Å². The van der Waals surface area contributed by atoms with Crippen LogP contribution < -0.4 is 0 Å². The topological polar surface area (TPSA) is 43.4 Å². The molecule has 0 amide bonds. The number of hydrogen-bond acceptors (Lipinski definition) is 3. The number of esters is 2. The Hall–Kier alpha value is -1.90. The summed E-state index contributed by atoms with van der Waals surface area (Å²) < 4.78 is 4.48. The van der Waals surface area contributed by atoms with Gasteiger partial charge in [0.15, 0.2) is 0 Å². The fourth-order valence-electron chi connectivity index (χ4n) is 1.77. The molecular formula is C13H12O3. The third-order valence-corrected chi connectivity index (χ3v) is 2.66. The van der Waals surface area contributed by atoms with E-state index in [-0.39, 0.29) is 6.42 Å². The third kappa shape index (κ3) is 1.89. The van der Waals surface area contributed by atoms with Crippen molar-refractivity contribution in [3.63, 3.8) is 0 Å². The molecule has 0 unspecified atom stereocenters. The van der Waals surface area contributed by atoms with Crippen LogP contribution in [-0.4, -0.2) is 11.9 Å². The first-order chi connectivity index (χ1) is 7.58. The largest absolute Gasteiger partial charge is 0.389 e. The molecular weight excluding hydrogens is 204 g/mol. The van der Waals surface area contributed by atoms with E-state index in [0.717, 1.165) is 16.7 Å². The van der Waals surface area contributed by atoms with Crippen LogP contribution in [0.5, 0.6) is 0 Å². The summed E-state index contributed by atoms with van der Waals surface area (Å²) in [6, 6.07) is 5.91. The van der Waals surface area contributed by atoms with Crippen LogP contribution in [0.1, 0.15) is 23.1 Å². The molecule has 1 heterocycles. The summed E-state index contributed by atoms with van der Waals surface area (Å²) in [4.78, 5) is 22.2. The molecule has 1 aliphatic rings. The number of hydrogen-bond donors (Lipinski definition) is 0. The smallest absolute Gasteiger partial charge is 0.342 e. The van der Waals surface area contributed by atoms with Crippen LogP contribution in [0.4, 0.5) is 0 Å². The molecule has 0 N–H and O–H groups in total. The molecule has 0 bridgehead atoms. The number of carbonyl (C=O) groups excluding carboxylic acids is 2. The predicted octanol–water partition coefficient (Wildman–Crippen LogP) is 2.16. The van der Waals surface area contributed by atoms with Gasteiger partial charge < -0.3 is 4.74 Å². The maximum Gasteiger partial charge on any atom is 0.342 e. The summed E-state index contributed by atoms with van der Waals surface area (Å²) in [5, 5.41) is 0. The second kappa shape index (κ2) is 3.93. The zero-order valence-electron chi connectivity index (χ0n) is 9.24. The lowest BCUT2D eigenvalue weighted by Crippen LogP contribution is -1.97. The lowest BCUT2D eigenvalue weighted by Gasteiger charge is -2.04. The Balaban J connectivity index is 2.44. The molecule has 0 radical (unpaired) electrons. The summed E-state index contributed by atoms with van der Waals surface area (Å²) in [7, 11) is 0. The first-order valence-electron chi connectivity index (χ1n) is 5.09. The van der Waals surface area contributed by atoms with E-state index in [9.17, 15) is 9.59 Å². The minimum absolute atomic E-state index is 0.0760. The third-order valence-electron chi connectivity index (χ3n) is 2.66. The van der Waals surface area contributed by atoms with E-state index in [1.54, 1.807) is 6.08 Å². The Kier molecular flexibility index (Phi) is 2.60. The molecule has 0 spiro atoms. The molecule has 1 aromatic carbocycles. The first-order valence-corrected chi connectivity index (χ1v) is 5.09. The highest BCUT2D eigenvalue weighted by atomic mass is 16.6. The van der Waals surface area contributed by atoms with Crippen LogP contribution in [0.15, 0.2) is 23.8 Å². The molecule has 82 valence electrons. The van der Waals surface area contributed by atoms with Gasteiger partial charge in [-0.2, -0.15) is 0 Å². The van der Waals surface area contributed by atoms with Crippen molar-refractivity contribution >= 4 is 18.0 Å². The van der Waals surface area contributed by atoms with Crippen LogP contribution in [0.2, 0.25) is 0 Å². The number of ether oxygens (including phenoxy) is 1. The molecule has 0 saturated carbocycles. The van der Waals surface area contributed by atoms with E-state index in [0.29, 0.717) is 5.57 Å². The summed E-state index contributed by atoms with van der Waals surface area (Å²) in [5.41, 5.74) is 3.59. The number of benzene rings is 1. The molecule has 0 aromatic heterocycles. The number of carbonyl (C=O) groups is 2. The highest BCUT2D eigenvalue weighted by Gasteiger charge is 2.26. The minimum Gasteiger partial charge on any atom is -0.389 e. The summed E-state index contributed by atoms with van der Waals surface area (Å²) in [6.45, 7) is 3.95. The van der Waals surface area contributed by atoms with Crippen LogP contribution >= 0.6 is 0 Å². The van der Waals surface area contributed by atoms with Crippen molar-refractivity contribution in [3.8, 4) is 0 Å². The second-order valence-electron chi connectivity index (χ2n) is 3.91. The van der Waals surface area contributed by atoms with Gasteiger partial charge in [0.1, 0.15) is 0 Å². The van der Waals surface area contributed by atoms with Gasteiger partial charge in [-0.1, -0.05) is 18.2 Å². The zero-order chi connectivity index (χ0) is 11.7. The van der Waals surface area contributed by atoms with Crippen molar-refractivity contribution < 1.29 is 14.3 Å². The van der Waals surface area contributed by atoms with E-state index in [1.165, 1.54) is 0 Å². The van der Waals surface area contributed by atoms with Gasteiger partial charge >= 0.3 is 11.9 Å². The Labute approximate surface area is 93.7 Å². The molecule has 16 heavy (non-hydrogen) atoms. The second-order valence-corrected chi connectivity index (χ2v) is 3.91. The highest BCUT2D eigenvalue weighted by Crippen LogP contribution is 2.22. The maximum absolute atomic E-state index is 11.3. The monoisotopic (exact) mass is 216 g/mol. The van der Waals surface area contributed by atoms with Gasteiger partial charge in [-0.25, -0.2) is 4.79 Å². The molecule has 1 aliphatic heterocycles. The average Bonchev–Trinajstić information content (AvgIpc) is 2.51. The van der Waals surface area contributed by atoms with Crippen LogP contribution in [0, 0.1) is 13.8 Å². The first kappa shape index (κ1) is 10.6. The fourth-order valence-corrected chi connectivity index (χ4v) is 1.77. The summed E-state index contributed by atoms with van der Waals surface area (Å²) >= 11 is 0. The van der Waals surface area contributed by atoms with Crippen molar-refractivity contribution in [3.05, 3.63) is 40.5 Å². The Bertz CT molecular complexity index is 478. The van der Waals surface area contributed by atoms with E-state index in [4.69, 9.17) is 0 Å². The van der Waals surface area contributed by atoms with Crippen molar-refractivity contribution in [2.24, 2.45) is 0 Å². The molecule has 2 rings (SSSR count). The molecule has 3 nitrogen and oxygen atoms in total. The van der Waals surface area contributed by atoms with Gasteiger partial charge in [0, 0.05) is 5.57 Å². The van der Waals surface area contributed by atoms with E-state index in [2.05, 4.69) is 4.74 Å². The lowest BCUT2D eigenvalue weighted by molar-refractivity contribution is -0.151. The van der Waals surface area contributed by atoms with Crippen molar-refractivity contribution in [2.45, 2.75) is 20.3 Å². The van der Waals surface area contributed by atoms with Crippen molar-refractivity contribution in [2.75, 3.05) is 0 Å². The molecule has 3 heteroatoms. The van der Waals surface area contributed by atoms with E-state index < -0.39 is 11.9 Å². The Morgan fingerprint density at radius 2 is 1.81 bits per heavy atom. The van der Waals surface area contributed by atoms with Gasteiger partial charge in [0.2, 0.25) is 0 Å². The minimum atomic E-state index is -0.521. The standard InChI is InChI=1S/C13H12O3/c1-8-4-3-5-9(2)11(8)6-10-7-12(14)16-13(10)15/h3-6H,7H2,1-2H3.